The molecule has 1 aromatic rings. The van der Waals surface area contributed by atoms with Crippen LogP contribution in [0.15, 0.2) is 48.1 Å². The summed E-state index contributed by atoms with van der Waals surface area (Å²) in [5, 5.41) is 0. The highest BCUT2D eigenvalue weighted by Crippen LogP contribution is 2.53. The van der Waals surface area contributed by atoms with E-state index in [1.165, 1.54) is 0 Å². The minimum Gasteiger partial charge on any atom is -0.393 e. The molecule has 5 heteroatoms. The third-order valence-corrected chi connectivity index (χ3v) is 6.97. The molecule has 0 N–H and O–H groups in total. The second-order valence-electron chi connectivity index (χ2n) is 8.50. The first kappa shape index (κ1) is 19.3. The number of carbonyl (C=O) groups is 2. The van der Waals surface area contributed by atoms with Gasteiger partial charge in [0.1, 0.15) is 6.61 Å². The lowest BCUT2D eigenvalue weighted by atomic mass is 9.65. The van der Waals surface area contributed by atoms with Crippen molar-refractivity contribution in [3.8, 4) is 12.3 Å². The van der Waals surface area contributed by atoms with Crippen LogP contribution in [0, 0.1) is 41.9 Å². The number of rotatable bonds is 4. The van der Waals surface area contributed by atoms with Gasteiger partial charge in [0.05, 0.1) is 30.7 Å². The van der Waals surface area contributed by atoms with Gasteiger partial charge in [-0.15, -0.1) is 6.42 Å². The van der Waals surface area contributed by atoms with E-state index in [9.17, 15) is 9.59 Å². The molecule has 5 nitrogen and oxygen atoms in total. The van der Waals surface area contributed by atoms with Crippen molar-refractivity contribution in [2.24, 2.45) is 29.6 Å². The molecule has 0 unspecified atom stereocenters. The van der Waals surface area contributed by atoms with Crippen molar-refractivity contribution in [3.63, 3.8) is 0 Å². The van der Waals surface area contributed by atoms with E-state index in [1.807, 2.05) is 18.2 Å². The van der Waals surface area contributed by atoms with Gasteiger partial charge in [-0.25, -0.2) is 0 Å². The summed E-state index contributed by atoms with van der Waals surface area (Å²) in [7, 11) is 0. The molecular weight excluding hydrogens is 380 g/mol. The van der Waals surface area contributed by atoms with Crippen LogP contribution in [0.1, 0.15) is 18.4 Å². The molecule has 0 bridgehead atoms. The molecule has 30 heavy (non-hydrogen) atoms. The highest BCUT2D eigenvalue weighted by Gasteiger charge is 2.59. The van der Waals surface area contributed by atoms with Crippen molar-refractivity contribution in [2.45, 2.75) is 25.0 Å². The quantitative estimate of drug-likeness (QED) is 0.334. The lowest BCUT2D eigenvalue weighted by molar-refractivity contribution is -0.154. The van der Waals surface area contributed by atoms with Crippen LogP contribution in [0.2, 0.25) is 0 Å². The fourth-order valence-corrected chi connectivity index (χ4v) is 5.72. The summed E-state index contributed by atoms with van der Waals surface area (Å²) in [5.74, 6) is 1.18. The molecular formula is C25H24O5. The molecule has 4 aliphatic rings. The fraction of sp³-hybridized carbons (Fsp3) is 0.440. The van der Waals surface area contributed by atoms with Gasteiger partial charge in [-0.1, -0.05) is 54.5 Å². The molecule has 0 radical (unpaired) electrons. The second kappa shape index (κ2) is 7.86. The molecule has 0 amide bonds. The van der Waals surface area contributed by atoms with Crippen molar-refractivity contribution >= 4 is 18.0 Å². The number of carbonyl (C=O) groups excluding carboxylic acids is 2. The molecule has 5 rings (SSSR count). The topological polar surface area (TPSA) is 61.8 Å². The van der Waals surface area contributed by atoms with Crippen molar-refractivity contribution in [2.75, 3.05) is 13.2 Å². The van der Waals surface area contributed by atoms with Gasteiger partial charge in [0.25, 0.3) is 0 Å². The Kier molecular flexibility index (Phi) is 5.06. The van der Waals surface area contributed by atoms with E-state index in [4.69, 9.17) is 20.6 Å². The number of cyclic esters (lactones) is 2. The number of hydrogen-bond donors (Lipinski definition) is 0. The van der Waals surface area contributed by atoms with Crippen molar-refractivity contribution < 1.29 is 23.8 Å². The van der Waals surface area contributed by atoms with Crippen molar-refractivity contribution in [1.82, 2.24) is 0 Å². The molecule has 2 aliphatic heterocycles. The maximum atomic E-state index is 12.5. The lowest BCUT2D eigenvalue weighted by Crippen LogP contribution is -2.47. The summed E-state index contributed by atoms with van der Waals surface area (Å²) in [5.41, 5.74) is 2.24. The van der Waals surface area contributed by atoms with Crippen LogP contribution in [0.25, 0.3) is 6.08 Å². The van der Waals surface area contributed by atoms with Gasteiger partial charge in [0.15, 0.2) is 0 Å². The summed E-state index contributed by atoms with van der Waals surface area (Å²) in [6.07, 6.45) is 12.8. The fourth-order valence-electron chi connectivity index (χ4n) is 5.72. The number of terminal acetylenes is 1. The average Bonchev–Trinajstić information content (AvgIpc) is 3.27. The minimum atomic E-state index is -0.404. The predicted molar refractivity (Wildman–Crippen MR) is 110 cm³/mol. The van der Waals surface area contributed by atoms with Crippen LogP contribution in [-0.2, 0) is 23.8 Å². The number of hydrogen-bond acceptors (Lipinski definition) is 5. The standard InChI is InChI=1S/C25H24O5/c1-2-12-28-22-16(9-8-15-6-4-3-5-7-15)13-19-20-17(14-29-23(19)22)10-11-18-21(20)25(27)30-24(18)26/h1,3-10,16,18-23H,11-14H2/b9-8+/t16-,18+,19-,20+,21+,22-,23+/m1/s1. The number of esters is 2. The Morgan fingerprint density at radius 2 is 2.00 bits per heavy atom. The molecule has 1 aromatic carbocycles. The smallest absolute Gasteiger partial charge is 0.318 e. The maximum Gasteiger partial charge on any atom is 0.318 e. The highest BCUT2D eigenvalue weighted by atomic mass is 16.6. The zero-order valence-corrected chi connectivity index (χ0v) is 16.6. The Morgan fingerprint density at radius 1 is 1.17 bits per heavy atom. The van der Waals surface area contributed by atoms with E-state index in [-0.39, 0.29) is 54.4 Å². The summed E-state index contributed by atoms with van der Waals surface area (Å²) >= 11 is 0. The zero-order chi connectivity index (χ0) is 20.7. The summed E-state index contributed by atoms with van der Waals surface area (Å²) in [4.78, 5) is 24.7. The third kappa shape index (κ3) is 3.21. The van der Waals surface area contributed by atoms with Gasteiger partial charge >= 0.3 is 11.9 Å². The first-order valence-corrected chi connectivity index (χ1v) is 10.5. The average molecular weight is 404 g/mol. The van der Waals surface area contributed by atoms with Crippen LogP contribution in [-0.4, -0.2) is 37.4 Å². The SMILES string of the molecule is C#CCO[C@H]1[C@H]2OCC3=CC[C@@H]4C(=O)OC(=O)[C@@H]4[C@@H]3[C@H]2C[C@H]1/C=C/c1ccccc1. The molecule has 0 aromatic heterocycles. The molecule has 154 valence electrons. The molecule has 2 aliphatic carbocycles. The number of ether oxygens (including phenoxy) is 3. The summed E-state index contributed by atoms with van der Waals surface area (Å²) < 4.78 is 17.3. The normalized spacial score (nSPS) is 37.2. The third-order valence-electron chi connectivity index (χ3n) is 6.97. The molecule has 2 heterocycles. The van der Waals surface area contributed by atoms with Crippen molar-refractivity contribution in [1.29, 1.82) is 0 Å². The van der Waals surface area contributed by atoms with Crippen LogP contribution in [0.3, 0.4) is 0 Å². The Hall–Kier alpha value is -2.68. The number of allylic oxidation sites excluding steroid dienone is 1. The van der Waals surface area contributed by atoms with E-state index in [0.717, 1.165) is 17.6 Å². The van der Waals surface area contributed by atoms with Crippen LogP contribution < -0.4 is 0 Å². The van der Waals surface area contributed by atoms with Crippen molar-refractivity contribution in [3.05, 3.63) is 53.6 Å². The van der Waals surface area contributed by atoms with E-state index in [0.29, 0.717) is 13.0 Å². The largest absolute Gasteiger partial charge is 0.393 e. The molecule has 1 saturated carbocycles. The van der Waals surface area contributed by atoms with Crippen LogP contribution in [0.4, 0.5) is 0 Å². The van der Waals surface area contributed by atoms with Gasteiger partial charge in [-0.05, 0) is 29.9 Å². The Balaban J connectivity index is 1.45. The van der Waals surface area contributed by atoms with E-state index >= 15 is 0 Å². The van der Waals surface area contributed by atoms with Gasteiger partial charge in [0.2, 0.25) is 0 Å². The van der Waals surface area contributed by atoms with Crippen LogP contribution in [0.5, 0.6) is 0 Å². The molecule has 0 spiro atoms. The Bertz CT molecular complexity index is 940. The Morgan fingerprint density at radius 3 is 2.80 bits per heavy atom. The molecule has 3 fully saturated rings. The van der Waals surface area contributed by atoms with Gasteiger partial charge in [-0.2, -0.15) is 0 Å². The van der Waals surface area contributed by atoms with Gasteiger partial charge in [0, 0.05) is 11.8 Å². The monoisotopic (exact) mass is 404 g/mol. The predicted octanol–water partition coefficient (Wildman–Crippen LogP) is 3.02. The Labute approximate surface area is 176 Å². The van der Waals surface area contributed by atoms with Gasteiger partial charge in [-0.3, -0.25) is 9.59 Å². The molecule has 2 saturated heterocycles. The first-order valence-electron chi connectivity index (χ1n) is 10.5. The summed E-state index contributed by atoms with van der Waals surface area (Å²) in [6, 6.07) is 10.1. The molecule has 7 atom stereocenters. The second-order valence-corrected chi connectivity index (χ2v) is 8.50. The first-order chi connectivity index (χ1) is 14.7. The number of fused-ring (bicyclic) bond motifs is 5. The van der Waals surface area contributed by atoms with E-state index in [1.54, 1.807) is 0 Å². The highest BCUT2D eigenvalue weighted by molar-refractivity contribution is 5.97. The maximum absolute atomic E-state index is 12.5. The minimum absolute atomic E-state index is 0.0338. The summed E-state index contributed by atoms with van der Waals surface area (Å²) in [6.45, 7) is 0.675. The van der Waals surface area contributed by atoms with Gasteiger partial charge < -0.3 is 14.2 Å². The van der Waals surface area contributed by atoms with E-state index in [2.05, 4.69) is 36.3 Å². The number of benzene rings is 1. The lowest BCUT2D eigenvalue weighted by Gasteiger charge is -2.42. The van der Waals surface area contributed by atoms with E-state index < -0.39 is 5.92 Å². The zero-order valence-electron chi connectivity index (χ0n) is 16.6. The van der Waals surface area contributed by atoms with Crippen LogP contribution >= 0.6 is 0 Å².